The van der Waals surface area contributed by atoms with Crippen LogP contribution in [0.4, 0.5) is 19.0 Å². The molecule has 0 fully saturated rings. The maximum Gasteiger partial charge on any atom is 0.433 e. The lowest BCUT2D eigenvalue weighted by Crippen LogP contribution is -2.10. The van der Waals surface area contributed by atoms with Gasteiger partial charge < -0.3 is 5.32 Å². The summed E-state index contributed by atoms with van der Waals surface area (Å²) in [7, 11) is 0. The van der Waals surface area contributed by atoms with E-state index in [-0.39, 0.29) is 12.4 Å². The molecule has 0 aliphatic rings. The van der Waals surface area contributed by atoms with Crippen LogP contribution in [0.3, 0.4) is 0 Å². The molecular weight excluding hydrogens is 235 g/mol. The van der Waals surface area contributed by atoms with E-state index >= 15 is 0 Å². The highest BCUT2D eigenvalue weighted by Gasteiger charge is 2.32. The Morgan fingerprint density at radius 1 is 1.29 bits per heavy atom. The van der Waals surface area contributed by atoms with Gasteiger partial charge in [-0.15, -0.1) is 0 Å². The maximum atomic E-state index is 12.4. The van der Waals surface area contributed by atoms with Crippen molar-refractivity contribution in [3.63, 3.8) is 0 Å². The molecule has 8 heteroatoms. The predicted octanol–water partition coefficient (Wildman–Crippen LogP) is 1.83. The van der Waals surface area contributed by atoms with Crippen molar-refractivity contribution in [1.82, 2.24) is 20.2 Å². The second-order valence-corrected chi connectivity index (χ2v) is 3.19. The van der Waals surface area contributed by atoms with E-state index < -0.39 is 11.9 Å². The van der Waals surface area contributed by atoms with Crippen LogP contribution >= 0.6 is 0 Å². The summed E-state index contributed by atoms with van der Waals surface area (Å²) in [5.41, 5.74) is -0.930. The summed E-state index contributed by atoms with van der Waals surface area (Å²) in [6.07, 6.45) is -3.12. The van der Waals surface area contributed by atoms with Crippen molar-refractivity contribution in [1.29, 1.82) is 0 Å². The van der Waals surface area contributed by atoms with Crippen molar-refractivity contribution in [3.05, 3.63) is 36.0 Å². The SMILES string of the molecule is FC(F)(F)c1cccc(NCc2ncn[nH]2)n1. The fraction of sp³-hybridized carbons (Fsp3) is 0.222. The molecule has 0 radical (unpaired) electrons. The number of aromatic amines is 1. The van der Waals surface area contributed by atoms with Gasteiger partial charge in [-0.1, -0.05) is 6.07 Å². The van der Waals surface area contributed by atoms with Crippen LogP contribution < -0.4 is 5.32 Å². The first kappa shape index (κ1) is 11.4. The molecule has 0 aliphatic heterocycles. The highest BCUT2D eigenvalue weighted by Crippen LogP contribution is 2.28. The van der Waals surface area contributed by atoms with Gasteiger partial charge in [-0.25, -0.2) is 9.97 Å². The minimum absolute atomic E-state index is 0.135. The number of aromatic nitrogens is 4. The molecule has 2 N–H and O–H groups in total. The molecule has 0 aromatic carbocycles. The summed E-state index contributed by atoms with van der Waals surface area (Å²) in [6, 6.07) is 3.66. The molecule has 0 saturated carbocycles. The second-order valence-electron chi connectivity index (χ2n) is 3.19. The standard InChI is InChI=1S/C9H8F3N5/c10-9(11,12)6-2-1-3-7(16-6)13-4-8-14-5-15-17-8/h1-3,5H,4H2,(H,13,16)(H,14,15,17). The Labute approximate surface area is 94.1 Å². The Morgan fingerprint density at radius 2 is 2.12 bits per heavy atom. The Hall–Kier alpha value is -2.12. The first-order chi connectivity index (χ1) is 8.05. The molecule has 2 aromatic heterocycles. The number of H-pyrrole nitrogens is 1. The van der Waals surface area contributed by atoms with Crippen LogP contribution in [-0.4, -0.2) is 20.2 Å². The van der Waals surface area contributed by atoms with Crippen molar-refractivity contribution in [2.24, 2.45) is 0 Å². The molecule has 0 saturated heterocycles. The quantitative estimate of drug-likeness (QED) is 0.863. The molecule has 17 heavy (non-hydrogen) atoms. The lowest BCUT2D eigenvalue weighted by Gasteiger charge is -2.08. The van der Waals surface area contributed by atoms with E-state index in [4.69, 9.17) is 0 Å². The predicted molar refractivity (Wildman–Crippen MR) is 52.9 cm³/mol. The first-order valence-electron chi connectivity index (χ1n) is 4.68. The van der Waals surface area contributed by atoms with Crippen molar-refractivity contribution in [3.8, 4) is 0 Å². The summed E-state index contributed by atoms with van der Waals surface area (Å²) in [4.78, 5) is 7.27. The summed E-state index contributed by atoms with van der Waals surface area (Å²) in [6.45, 7) is 0.230. The molecule has 2 heterocycles. The smallest absolute Gasteiger partial charge is 0.363 e. The number of hydrogen-bond donors (Lipinski definition) is 2. The van der Waals surface area contributed by atoms with Crippen molar-refractivity contribution in [2.75, 3.05) is 5.32 Å². The third-order valence-electron chi connectivity index (χ3n) is 1.94. The Bertz CT molecular complexity index is 480. The third kappa shape index (κ3) is 2.92. The number of halogens is 3. The van der Waals surface area contributed by atoms with Crippen LogP contribution in [0.1, 0.15) is 11.5 Å². The molecule has 0 amide bonds. The van der Waals surface area contributed by atoms with E-state index in [1.165, 1.54) is 18.5 Å². The highest BCUT2D eigenvalue weighted by atomic mass is 19.4. The van der Waals surface area contributed by atoms with Gasteiger partial charge in [-0.05, 0) is 12.1 Å². The maximum absolute atomic E-state index is 12.4. The summed E-state index contributed by atoms with van der Waals surface area (Å²) < 4.78 is 37.1. The second kappa shape index (κ2) is 4.40. The number of alkyl halides is 3. The molecule has 0 bridgehead atoms. The van der Waals surface area contributed by atoms with Crippen molar-refractivity contribution in [2.45, 2.75) is 12.7 Å². The number of pyridine rings is 1. The van der Waals surface area contributed by atoms with E-state index in [2.05, 4.69) is 25.5 Å². The zero-order valence-corrected chi connectivity index (χ0v) is 8.49. The third-order valence-corrected chi connectivity index (χ3v) is 1.94. The van der Waals surface area contributed by atoms with Crippen LogP contribution in [0.2, 0.25) is 0 Å². The van der Waals surface area contributed by atoms with E-state index in [9.17, 15) is 13.2 Å². The number of nitrogens with zero attached hydrogens (tertiary/aromatic N) is 3. The average Bonchev–Trinajstić information content (AvgIpc) is 2.78. The van der Waals surface area contributed by atoms with Crippen molar-refractivity contribution < 1.29 is 13.2 Å². The van der Waals surface area contributed by atoms with Crippen LogP contribution in [0.25, 0.3) is 0 Å². The zero-order valence-electron chi connectivity index (χ0n) is 8.49. The molecule has 2 rings (SSSR count). The fourth-order valence-electron chi connectivity index (χ4n) is 1.18. The summed E-state index contributed by atoms with van der Waals surface area (Å²) >= 11 is 0. The normalized spacial score (nSPS) is 11.5. The Kier molecular flexibility index (Phi) is 2.94. The number of hydrogen-bond acceptors (Lipinski definition) is 4. The molecule has 0 spiro atoms. The number of anilines is 1. The van der Waals surface area contributed by atoms with Crippen LogP contribution in [-0.2, 0) is 12.7 Å². The highest BCUT2D eigenvalue weighted by molar-refractivity contribution is 5.35. The van der Waals surface area contributed by atoms with Gasteiger partial charge in [0, 0.05) is 0 Å². The van der Waals surface area contributed by atoms with Crippen molar-refractivity contribution >= 4 is 5.82 Å². The molecule has 0 atom stereocenters. The minimum atomic E-state index is -4.44. The molecule has 2 aromatic rings. The lowest BCUT2D eigenvalue weighted by molar-refractivity contribution is -0.141. The largest absolute Gasteiger partial charge is 0.433 e. The van der Waals surface area contributed by atoms with E-state index in [0.29, 0.717) is 5.82 Å². The van der Waals surface area contributed by atoms with Gasteiger partial charge in [0.1, 0.15) is 23.7 Å². The zero-order chi connectivity index (χ0) is 12.3. The average molecular weight is 243 g/mol. The van der Waals surface area contributed by atoms with Crippen LogP contribution in [0, 0.1) is 0 Å². The van der Waals surface area contributed by atoms with Gasteiger partial charge in [0.2, 0.25) is 0 Å². The van der Waals surface area contributed by atoms with E-state index in [1.54, 1.807) is 0 Å². The van der Waals surface area contributed by atoms with Gasteiger partial charge in [-0.3, -0.25) is 5.10 Å². The fourth-order valence-corrected chi connectivity index (χ4v) is 1.18. The minimum Gasteiger partial charge on any atom is -0.363 e. The molecule has 0 aliphatic carbocycles. The van der Waals surface area contributed by atoms with Crippen LogP contribution in [0.15, 0.2) is 24.5 Å². The molecule has 5 nitrogen and oxygen atoms in total. The van der Waals surface area contributed by atoms with Crippen LogP contribution in [0.5, 0.6) is 0 Å². The number of nitrogens with one attached hydrogen (secondary N) is 2. The van der Waals surface area contributed by atoms with Gasteiger partial charge in [0.15, 0.2) is 0 Å². The van der Waals surface area contributed by atoms with Gasteiger partial charge in [-0.2, -0.15) is 18.3 Å². The summed E-state index contributed by atoms with van der Waals surface area (Å²) in [5, 5.41) is 8.91. The van der Waals surface area contributed by atoms with E-state index in [0.717, 1.165) is 6.07 Å². The Morgan fingerprint density at radius 3 is 2.76 bits per heavy atom. The Balaban J connectivity index is 2.07. The first-order valence-corrected chi connectivity index (χ1v) is 4.68. The van der Waals surface area contributed by atoms with Gasteiger partial charge >= 0.3 is 6.18 Å². The topological polar surface area (TPSA) is 66.5 Å². The van der Waals surface area contributed by atoms with Gasteiger partial charge in [0.25, 0.3) is 0 Å². The monoisotopic (exact) mass is 243 g/mol. The number of rotatable bonds is 3. The molecule has 90 valence electrons. The molecular formula is C9H8F3N5. The lowest BCUT2D eigenvalue weighted by atomic mass is 10.3. The molecule has 0 unspecified atom stereocenters. The summed E-state index contributed by atoms with van der Waals surface area (Å²) in [5.74, 6) is 0.653. The van der Waals surface area contributed by atoms with Gasteiger partial charge in [0.05, 0.1) is 6.54 Å². The van der Waals surface area contributed by atoms with E-state index in [1.807, 2.05) is 0 Å².